The molecule has 0 aromatic heterocycles. The predicted molar refractivity (Wildman–Crippen MR) is 86.2 cm³/mol. The van der Waals surface area contributed by atoms with Crippen LogP contribution >= 0.6 is 0 Å². The van der Waals surface area contributed by atoms with Crippen molar-refractivity contribution in [2.45, 2.75) is 57.1 Å². The van der Waals surface area contributed by atoms with E-state index >= 15 is 0 Å². The minimum atomic E-state index is 0.0400. The Morgan fingerprint density at radius 3 is 2.95 bits per heavy atom. The molecule has 4 rings (SSSR count). The van der Waals surface area contributed by atoms with E-state index < -0.39 is 0 Å². The molecule has 0 bridgehead atoms. The first kappa shape index (κ1) is 14.1. The average molecular weight is 300 g/mol. The SMILES string of the molecule is O=C(Nc1ccc2c(c1)CCC2)N1CCOC2CCCCC21. The lowest BCUT2D eigenvalue weighted by molar-refractivity contribution is -0.0694. The molecular formula is C18H24N2O2. The van der Waals surface area contributed by atoms with E-state index in [-0.39, 0.29) is 18.2 Å². The molecule has 1 aliphatic heterocycles. The molecule has 2 aliphatic carbocycles. The van der Waals surface area contributed by atoms with Crippen molar-refractivity contribution >= 4 is 11.7 Å². The number of amides is 2. The first-order chi connectivity index (χ1) is 10.8. The Kier molecular flexibility index (Phi) is 3.78. The van der Waals surface area contributed by atoms with Gasteiger partial charge in [-0.05, 0) is 55.4 Å². The Labute approximate surface area is 131 Å². The van der Waals surface area contributed by atoms with E-state index in [9.17, 15) is 4.79 Å². The van der Waals surface area contributed by atoms with E-state index in [1.54, 1.807) is 0 Å². The normalized spacial score (nSPS) is 27.2. The number of carbonyl (C=O) groups is 1. The number of rotatable bonds is 1. The van der Waals surface area contributed by atoms with Gasteiger partial charge in [-0.15, -0.1) is 0 Å². The minimum absolute atomic E-state index is 0.0400. The summed E-state index contributed by atoms with van der Waals surface area (Å²) in [7, 11) is 0. The van der Waals surface area contributed by atoms with Crippen LogP contribution < -0.4 is 5.32 Å². The van der Waals surface area contributed by atoms with Gasteiger partial charge in [-0.1, -0.05) is 18.9 Å². The van der Waals surface area contributed by atoms with Crippen LogP contribution in [-0.4, -0.2) is 36.2 Å². The molecular weight excluding hydrogens is 276 g/mol. The molecule has 2 atom stereocenters. The number of aryl methyl sites for hydroxylation is 2. The summed E-state index contributed by atoms with van der Waals surface area (Å²) in [5.74, 6) is 0. The summed E-state index contributed by atoms with van der Waals surface area (Å²) >= 11 is 0. The monoisotopic (exact) mass is 300 g/mol. The van der Waals surface area contributed by atoms with Crippen molar-refractivity contribution in [1.29, 1.82) is 0 Å². The third kappa shape index (κ3) is 2.60. The predicted octanol–water partition coefficient (Wildman–Crippen LogP) is 3.35. The van der Waals surface area contributed by atoms with E-state index in [2.05, 4.69) is 17.4 Å². The molecule has 0 spiro atoms. The molecule has 1 aromatic carbocycles. The highest BCUT2D eigenvalue weighted by molar-refractivity contribution is 5.89. The lowest BCUT2D eigenvalue weighted by atomic mass is 9.90. The number of fused-ring (bicyclic) bond motifs is 2. The number of hydrogen-bond donors (Lipinski definition) is 1. The number of ether oxygens (including phenoxy) is 1. The zero-order chi connectivity index (χ0) is 14.9. The fourth-order valence-corrected chi connectivity index (χ4v) is 4.19. The van der Waals surface area contributed by atoms with Gasteiger partial charge in [0.1, 0.15) is 0 Å². The van der Waals surface area contributed by atoms with Crippen LogP contribution in [0.3, 0.4) is 0 Å². The summed E-state index contributed by atoms with van der Waals surface area (Å²) in [4.78, 5) is 14.7. The maximum Gasteiger partial charge on any atom is 0.322 e. The van der Waals surface area contributed by atoms with Gasteiger partial charge >= 0.3 is 6.03 Å². The van der Waals surface area contributed by atoms with Crippen LogP contribution in [0, 0.1) is 0 Å². The van der Waals surface area contributed by atoms with Crippen molar-refractivity contribution in [2.75, 3.05) is 18.5 Å². The standard InChI is InChI=1S/C18H24N2O2/c21-18(19-15-9-8-13-4-3-5-14(13)12-15)20-10-11-22-17-7-2-1-6-16(17)20/h8-9,12,16-17H,1-7,10-11H2,(H,19,21). The van der Waals surface area contributed by atoms with Crippen molar-refractivity contribution < 1.29 is 9.53 Å². The number of benzene rings is 1. The Morgan fingerprint density at radius 1 is 1.14 bits per heavy atom. The van der Waals surface area contributed by atoms with Gasteiger partial charge in [0.25, 0.3) is 0 Å². The number of nitrogens with zero attached hydrogens (tertiary/aromatic N) is 1. The number of nitrogens with one attached hydrogen (secondary N) is 1. The maximum absolute atomic E-state index is 12.7. The topological polar surface area (TPSA) is 41.6 Å². The first-order valence-electron chi connectivity index (χ1n) is 8.62. The quantitative estimate of drug-likeness (QED) is 0.864. The second-order valence-corrected chi connectivity index (χ2v) is 6.72. The van der Waals surface area contributed by atoms with Crippen LogP contribution in [0.1, 0.15) is 43.2 Å². The van der Waals surface area contributed by atoms with Crippen molar-refractivity contribution in [2.24, 2.45) is 0 Å². The molecule has 1 N–H and O–H groups in total. The number of anilines is 1. The second kappa shape index (κ2) is 5.92. The fraction of sp³-hybridized carbons (Fsp3) is 0.611. The zero-order valence-corrected chi connectivity index (χ0v) is 13.0. The highest BCUT2D eigenvalue weighted by Gasteiger charge is 2.36. The van der Waals surface area contributed by atoms with E-state index in [0.717, 1.165) is 24.9 Å². The Hall–Kier alpha value is -1.55. The molecule has 1 saturated carbocycles. The van der Waals surface area contributed by atoms with Crippen molar-refractivity contribution in [3.05, 3.63) is 29.3 Å². The fourth-order valence-electron chi connectivity index (χ4n) is 4.19. The molecule has 0 radical (unpaired) electrons. The van der Waals surface area contributed by atoms with E-state index in [1.807, 2.05) is 11.0 Å². The summed E-state index contributed by atoms with van der Waals surface area (Å²) < 4.78 is 5.85. The highest BCUT2D eigenvalue weighted by Crippen LogP contribution is 2.29. The van der Waals surface area contributed by atoms with E-state index in [0.29, 0.717) is 13.2 Å². The number of hydrogen-bond acceptors (Lipinski definition) is 2. The smallest absolute Gasteiger partial charge is 0.322 e. The molecule has 4 heteroatoms. The maximum atomic E-state index is 12.7. The molecule has 22 heavy (non-hydrogen) atoms. The largest absolute Gasteiger partial charge is 0.374 e. The third-order valence-corrected chi connectivity index (χ3v) is 5.34. The number of carbonyl (C=O) groups excluding carboxylic acids is 1. The molecule has 1 aromatic rings. The van der Waals surface area contributed by atoms with Gasteiger partial charge in [0, 0.05) is 12.2 Å². The van der Waals surface area contributed by atoms with Crippen LogP contribution in [0.15, 0.2) is 18.2 Å². The van der Waals surface area contributed by atoms with Gasteiger partial charge < -0.3 is 15.0 Å². The van der Waals surface area contributed by atoms with Gasteiger partial charge in [-0.25, -0.2) is 4.79 Å². The molecule has 2 amide bonds. The highest BCUT2D eigenvalue weighted by atomic mass is 16.5. The van der Waals surface area contributed by atoms with Gasteiger partial charge in [-0.3, -0.25) is 0 Å². The number of morpholine rings is 1. The molecule has 118 valence electrons. The van der Waals surface area contributed by atoms with Gasteiger partial charge in [-0.2, -0.15) is 0 Å². The van der Waals surface area contributed by atoms with Crippen LogP contribution in [0.25, 0.3) is 0 Å². The molecule has 1 saturated heterocycles. The molecule has 2 fully saturated rings. The zero-order valence-electron chi connectivity index (χ0n) is 13.0. The summed E-state index contributed by atoms with van der Waals surface area (Å²) in [6.45, 7) is 1.37. The van der Waals surface area contributed by atoms with Crippen molar-refractivity contribution in [1.82, 2.24) is 4.90 Å². The van der Waals surface area contributed by atoms with Crippen LogP contribution in [0.5, 0.6) is 0 Å². The van der Waals surface area contributed by atoms with E-state index in [4.69, 9.17) is 4.74 Å². The molecule has 3 aliphatic rings. The summed E-state index contributed by atoms with van der Waals surface area (Å²) in [5, 5.41) is 3.11. The minimum Gasteiger partial charge on any atom is -0.374 e. The van der Waals surface area contributed by atoms with Crippen LogP contribution in [0.2, 0.25) is 0 Å². The van der Waals surface area contributed by atoms with Gasteiger partial charge in [0.05, 0.1) is 18.8 Å². The van der Waals surface area contributed by atoms with Crippen molar-refractivity contribution in [3.63, 3.8) is 0 Å². The summed E-state index contributed by atoms with van der Waals surface area (Å²) in [5.41, 5.74) is 3.77. The third-order valence-electron chi connectivity index (χ3n) is 5.34. The van der Waals surface area contributed by atoms with Crippen molar-refractivity contribution in [3.8, 4) is 0 Å². The van der Waals surface area contributed by atoms with Gasteiger partial charge in [0.15, 0.2) is 0 Å². The molecule has 2 unspecified atom stereocenters. The second-order valence-electron chi connectivity index (χ2n) is 6.72. The lowest BCUT2D eigenvalue weighted by Gasteiger charge is -2.43. The van der Waals surface area contributed by atoms with Crippen LogP contribution in [0.4, 0.5) is 10.5 Å². The van der Waals surface area contributed by atoms with Crippen LogP contribution in [-0.2, 0) is 17.6 Å². The number of urea groups is 1. The Bertz CT molecular complexity index is 570. The van der Waals surface area contributed by atoms with Gasteiger partial charge in [0.2, 0.25) is 0 Å². The first-order valence-corrected chi connectivity index (χ1v) is 8.62. The van der Waals surface area contributed by atoms with E-state index in [1.165, 1.54) is 36.8 Å². The average Bonchev–Trinajstić information content (AvgIpc) is 3.02. The molecule has 4 nitrogen and oxygen atoms in total. The summed E-state index contributed by atoms with van der Waals surface area (Å²) in [6.07, 6.45) is 8.38. The molecule has 1 heterocycles. The Balaban J connectivity index is 1.47. The lowest BCUT2D eigenvalue weighted by Crippen LogP contribution is -2.55. The summed E-state index contributed by atoms with van der Waals surface area (Å²) in [6, 6.07) is 6.66. The Morgan fingerprint density at radius 2 is 2.00 bits per heavy atom.